The molecule has 2 fully saturated rings. The molecule has 4 rings (SSSR count). The molecule has 2 aliphatic rings. The molecule has 2 saturated heterocycles. The highest BCUT2D eigenvalue weighted by Crippen LogP contribution is 2.28. The summed E-state index contributed by atoms with van der Waals surface area (Å²) in [5.74, 6) is 1.41. The molecule has 0 saturated carbocycles. The number of amides is 1. The van der Waals surface area contributed by atoms with Gasteiger partial charge in [0.05, 0.1) is 28.6 Å². The quantitative estimate of drug-likeness (QED) is 0.833. The van der Waals surface area contributed by atoms with Gasteiger partial charge in [-0.15, -0.1) is 0 Å². The summed E-state index contributed by atoms with van der Waals surface area (Å²) >= 11 is 0. The number of likely N-dealkylation sites (tertiary alicyclic amines) is 1. The minimum Gasteiger partial charge on any atom is -0.351 e. The third-order valence-electron chi connectivity index (χ3n) is 5.21. The van der Waals surface area contributed by atoms with Crippen LogP contribution in [0.1, 0.15) is 25.1 Å². The van der Waals surface area contributed by atoms with Gasteiger partial charge in [-0.3, -0.25) is 9.69 Å². The zero-order valence-corrected chi connectivity index (χ0v) is 14.9. The van der Waals surface area contributed by atoms with Crippen LogP contribution in [0.25, 0.3) is 11.0 Å². The molecule has 0 aliphatic carbocycles. The second kappa shape index (κ2) is 6.10. The van der Waals surface area contributed by atoms with E-state index in [2.05, 4.69) is 20.2 Å². The number of H-pyrrole nitrogens is 1. The van der Waals surface area contributed by atoms with Crippen molar-refractivity contribution in [2.24, 2.45) is 0 Å². The summed E-state index contributed by atoms with van der Waals surface area (Å²) in [7, 11) is -2.98. The van der Waals surface area contributed by atoms with Crippen LogP contribution in [0.4, 0.5) is 0 Å². The fraction of sp³-hybridized carbons (Fsp3) is 0.529. The van der Waals surface area contributed by atoms with Crippen molar-refractivity contribution < 1.29 is 13.2 Å². The van der Waals surface area contributed by atoms with Crippen LogP contribution < -0.4 is 5.32 Å². The molecule has 1 amide bonds. The topological polar surface area (TPSA) is 95.2 Å². The molecule has 134 valence electrons. The molecule has 2 aromatic rings. The van der Waals surface area contributed by atoms with E-state index in [1.54, 1.807) is 0 Å². The maximum Gasteiger partial charge on any atom is 0.237 e. The number of fused-ring (bicyclic) bond motifs is 1. The number of sulfone groups is 1. The predicted octanol–water partition coefficient (Wildman–Crippen LogP) is 0.654. The molecule has 0 bridgehead atoms. The van der Waals surface area contributed by atoms with Crippen molar-refractivity contribution in [1.29, 1.82) is 0 Å². The lowest BCUT2D eigenvalue weighted by Crippen LogP contribution is -2.56. The monoisotopic (exact) mass is 362 g/mol. The molecule has 2 atom stereocenters. The molecule has 0 spiro atoms. The third kappa shape index (κ3) is 3.28. The summed E-state index contributed by atoms with van der Waals surface area (Å²) in [6.07, 6.45) is 0.516. The van der Waals surface area contributed by atoms with Crippen molar-refractivity contribution in [2.45, 2.75) is 31.3 Å². The molecular formula is C17H22N4O3S. The summed E-state index contributed by atoms with van der Waals surface area (Å²) in [5, 5.41) is 2.88. The number of nitrogens with zero attached hydrogens (tertiary/aromatic N) is 2. The van der Waals surface area contributed by atoms with E-state index < -0.39 is 9.84 Å². The summed E-state index contributed by atoms with van der Waals surface area (Å²) in [6.45, 7) is 3.42. The lowest BCUT2D eigenvalue weighted by molar-refractivity contribution is -0.128. The molecule has 3 heterocycles. The van der Waals surface area contributed by atoms with Crippen LogP contribution in [0.2, 0.25) is 0 Å². The van der Waals surface area contributed by atoms with Gasteiger partial charge in [-0.1, -0.05) is 12.1 Å². The molecule has 1 aromatic heterocycles. The lowest BCUT2D eigenvalue weighted by atomic mass is 9.97. The Labute approximate surface area is 146 Å². The van der Waals surface area contributed by atoms with E-state index in [0.717, 1.165) is 29.9 Å². The van der Waals surface area contributed by atoms with Gasteiger partial charge in [0.25, 0.3) is 0 Å². The van der Waals surface area contributed by atoms with Crippen molar-refractivity contribution in [3.8, 4) is 0 Å². The SMILES string of the molecule is CC(C(=O)NC1CCS(=O)(=O)C1)N1CC(c2nc3ccccc3[nH]2)C1. The lowest BCUT2D eigenvalue weighted by Gasteiger charge is -2.41. The first kappa shape index (κ1) is 16.5. The van der Waals surface area contributed by atoms with Crippen LogP contribution in [0.15, 0.2) is 24.3 Å². The van der Waals surface area contributed by atoms with E-state index in [-0.39, 0.29) is 29.5 Å². The minimum atomic E-state index is -2.98. The number of aromatic nitrogens is 2. The van der Waals surface area contributed by atoms with Crippen molar-refractivity contribution in [1.82, 2.24) is 20.2 Å². The number of aromatic amines is 1. The normalized spacial score (nSPS) is 24.9. The molecule has 2 N–H and O–H groups in total. The zero-order valence-electron chi connectivity index (χ0n) is 14.1. The standard InChI is InChI=1S/C17H22N4O3S/c1-11(17(22)18-13-6-7-25(23,24)10-13)21-8-12(9-21)16-19-14-4-2-3-5-15(14)20-16/h2-5,11-13H,6-10H2,1H3,(H,18,22)(H,19,20). The number of imidazole rings is 1. The van der Waals surface area contributed by atoms with E-state index in [9.17, 15) is 13.2 Å². The summed E-state index contributed by atoms with van der Waals surface area (Å²) in [5.41, 5.74) is 1.99. The van der Waals surface area contributed by atoms with Crippen LogP contribution in [0.5, 0.6) is 0 Å². The zero-order chi connectivity index (χ0) is 17.6. The van der Waals surface area contributed by atoms with Crippen LogP contribution >= 0.6 is 0 Å². The first-order chi connectivity index (χ1) is 11.9. The van der Waals surface area contributed by atoms with Crippen molar-refractivity contribution >= 4 is 26.8 Å². The van der Waals surface area contributed by atoms with Crippen LogP contribution in [-0.4, -0.2) is 65.9 Å². The van der Waals surface area contributed by atoms with Gasteiger partial charge < -0.3 is 10.3 Å². The van der Waals surface area contributed by atoms with Crippen molar-refractivity contribution in [2.75, 3.05) is 24.6 Å². The number of carbonyl (C=O) groups excluding carboxylic acids is 1. The van der Waals surface area contributed by atoms with Gasteiger partial charge in [0.1, 0.15) is 5.82 Å². The van der Waals surface area contributed by atoms with E-state index >= 15 is 0 Å². The number of hydrogen-bond acceptors (Lipinski definition) is 5. The Hall–Kier alpha value is -1.93. The van der Waals surface area contributed by atoms with Gasteiger partial charge in [-0.05, 0) is 25.5 Å². The highest BCUT2D eigenvalue weighted by molar-refractivity contribution is 7.91. The second-order valence-electron chi connectivity index (χ2n) is 7.07. The number of hydrogen-bond donors (Lipinski definition) is 2. The van der Waals surface area contributed by atoms with Crippen molar-refractivity contribution in [3.63, 3.8) is 0 Å². The predicted molar refractivity (Wildman–Crippen MR) is 95.1 cm³/mol. The molecule has 2 aliphatic heterocycles. The number of carbonyl (C=O) groups is 1. The molecule has 0 radical (unpaired) electrons. The maximum atomic E-state index is 12.4. The highest BCUT2D eigenvalue weighted by atomic mass is 32.2. The fourth-order valence-corrected chi connectivity index (χ4v) is 5.24. The average Bonchev–Trinajstić information content (AvgIpc) is 3.08. The Bertz CT molecular complexity index is 869. The number of para-hydroxylation sites is 2. The Balaban J connectivity index is 1.32. The van der Waals surface area contributed by atoms with E-state index in [0.29, 0.717) is 12.3 Å². The smallest absolute Gasteiger partial charge is 0.237 e. The van der Waals surface area contributed by atoms with Crippen LogP contribution in [-0.2, 0) is 14.6 Å². The summed E-state index contributed by atoms with van der Waals surface area (Å²) in [6, 6.07) is 7.44. The average molecular weight is 362 g/mol. The van der Waals surface area contributed by atoms with E-state index in [1.165, 1.54) is 0 Å². The first-order valence-electron chi connectivity index (χ1n) is 8.61. The number of nitrogens with one attached hydrogen (secondary N) is 2. The molecule has 25 heavy (non-hydrogen) atoms. The molecule has 7 nitrogen and oxygen atoms in total. The van der Waals surface area contributed by atoms with Gasteiger partial charge in [0.15, 0.2) is 9.84 Å². The van der Waals surface area contributed by atoms with Crippen molar-refractivity contribution in [3.05, 3.63) is 30.1 Å². The summed E-state index contributed by atoms with van der Waals surface area (Å²) in [4.78, 5) is 22.4. The van der Waals surface area contributed by atoms with Gasteiger partial charge in [0.2, 0.25) is 5.91 Å². The van der Waals surface area contributed by atoms with Gasteiger partial charge in [-0.2, -0.15) is 0 Å². The number of benzene rings is 1. The van der Waals surface area contributed by atoms with E-state index in [1.807, 2.05) is 31.2 Å². The Kier molecular flexibility index (Phi) is 4.04. The molecule has 8 heteroatoms. The summed E-state index contributed by atoms with van der Waals surface area (Å²) < 4.78 is 23.0. The number of rotatable bonds is 4. The van der Waals surface area contributed by atoms with Gasteiger partial charge in [-0.25, -0.2) is 13.4 Å². The minimum absolute atomic E-state index is 0.0626. The second-order valence-corrected chi connectivity index (χ2v) is 9.30. The molecule has 2 unspecified atom stereocenters. The van der Waals surface area contributed by atoms with E-state index in [4.69, 9.17) is 0 Å². The highest BCUT2D eigenvalue weighted by Gasteiger charge is 2.37. The third-order valence-corrected chi connectivity index (χ3v) is 6.98. The Morgan fingerprint density at radius 2 is 2.12 bits per heavy atom. The van der Waals surface area contributed by atoms with Crippen LogP contribution in [0.3, 0.4) is 0 Å². The van der Waals surface area contributed by atoms with Gasteiger partial charge in [0, 0.05) is 25.0 Å². The fourth-order valence-electron chi connectivity index (χ4n) is 3.56. The molecule has 1 aromatic carbocycles. The maximum absolute atomic E-state index is 12.4. The van der Waals surface area contributed by atoms with Crippen LogP contribution in [0, 0.1) is 0 Å². The Morgan fingerprint density at radius 3 is 2.80 bits per heavy atom. The van der Waals surface area contributed by atoms with Gasteiger partial charge >= 0.3 is 0 Å². The Morgan fingerprint density at radius 1 is 1.36 bits per heavy atom. The molecular weight excluding hydrogens is 340 g/mol. The largest absolute Gasteiger partial charge is 0.351 e. The first-order valence-corrected chi connectivity index (χ1v) is 10.4.